The van der Waals surface area contributed by atoms with Crippen LogP contribution in [0.25, 0.3) is 0 Å². The lowest BCUT2D eigenvalue weighted by Crippen LogP contribution is -2.21. The number of rotatable bonds is 7. The van der Waals surface area contributed by atoms with Crippen LogP contribution in [0.15, 0.2) is 0 Å². The highest BCUT2D eigenvalue weighted by atomic mass is 35.5. The summed E-state index contributed by atoms with van der Waals surface area (Å²) in [5.74, 6) is 0. The molecule has 0 rings (SSSR count). The van der Waals surface area contributed by atoms with Gasteiger partial charge in [0.05, 0.1) is 13.2 Å². The molecule has 1 atom stereocenters. The summed E-state index contributed by atoms with van der Waals surface area (Å²) >= 11 is 6.22. The molecule has 0 radical (unpaired) electrons. The Morgan fingerprint density at radius 3 is 2.29 bits per heavy atom. The molecule has 0 saturated carbocycles. The molecule has 0 heterocycles. The van der Waals surface area contributed by atoms with Crippen LogP contribution in [0, 0.1) is 5.41 Å². The van der Waals surface area contributed by atoms with Crippen molar-refractivity contribution in [3.05, 3.63) is 0 Å². The predicted octanol–water partition coefficient (Wildman–Crippen LogP) is 3.08. The van der Waals surface area contributed by atoms with Gasteiger partial charge in [0.15, 0.2) is 0 Å². The number of hydrogen-bond acceptors (Lipinski definition) is 2. The third-order valence-corrected chi connectivity index (χ3v) is 2.99. The number of ether oxygens (including phenoxy) is 2. The quantitative estimate of drug-likeness (QED) is 0.487. The van der Waals surface area contributed by atoms with E-state index < -0.39 is 0 Å². The van der Waals surface area contributed by atoms with E-state index in [1.807, 2.05) is 0 Å². The zero-order chi connectivity index (χ0) is 11.0. The summed E-state index contributed by atoms with van der Waals surface area (Å²) in [6.07, 6.45) is 2.03. The average Bonchev–Trinajstić information content (AvgIpc) is 2.09. The summed E-state index contributed by atoms with van der Waals surface area (Å²) in [5.41, 5.74) is 0.189. The predicted molar refractivity (Wildman–Crippen MR) is 61.0 cm³/mol. The van der Waals surface area contributed by atoms with Gasteiger partial charge < -0.3 is 9.47 Å². The van der Waals surface area contributed by atoms with Gasteiger partial charge in [-0.3, -0.25) is 0 Å². The Kier molecular flexibility index (Phi) is 7.61. The maximum absolute atomic E-state index is 6.22. The first kappa shape index (κ1) is 14.2. The van der Waals surface area contributed by atoms with Gasteiger partial charge in [-0.2, -0.15) is 0 Å². The molecule has 86 valence electrons. The van der Waals surface area contributed by atoms with Gasteiger partial charge in [0.25, 0.3) is 0 Å². The Balaban J connectivity index is 3.28. The molecule has 0 aliphatic heterocycles. The van der Waals surface area contributed by atoms with Crippen molar-refractivity contribution in [2.45, 2.75) is 39.0 Å². The summed E-state index contributed by atoms with van der Waals surface area (Å²) in [5, 5.41) is 0.230. The summed E-state index contributed by atoms with van der Waals surface area (Å²) in [4.78, 5) is 0. The Morgan fingerprint density at radius 2 is 1.79 bits per heavy atom. The van der Waals surface area contributed by atoms with Crippen molar-refractivity contribution in [2.24, 2.45) is 5.41 Å². The van der Waals surface area contributed by atoms with Crippen LogP contribution >= 0.6 is 11.6 Å². The minimum absolute atomic E-state index is 0.189. The van der Waals surface area contributed by atoms with Crippen LogP contribution in [-0.2, 0) is 9.47 Å². The second-order valence-corrected chi connectivity index (χ2v) is 5.11. The molecule has 0 aliphatic rings. The topological polar surface area (TPSA) is 18.5 Å². The first-order valence-electron chi connectivity index (χ1n) is 5.19. The molecule has 0 saturated heterocycles. The molecule has 2 nitrogen and oxygen atoms in total. The highest BCUT2D eigenvalue weighted by molar-refractivity contribution is 6.21. The number of halogens is 1. The standard InChI is InChI=1S/C11H23ClO2/c1-11(2,3)10(12)6-5-7-14-9-8-13-4/h10H,5-9H2,1-4H3. The number of hydrogen-bond donors (Lipinski definition) is 0. The van der Waals surface area contributed by atoms with E-state index in [1.54, 1.807) is 7.11 Å². The minimum Gasteiger partial charge on any atom is -0.382 e. The second-order valence-electron chi connectivity index (χ2n) is 4.58. The third-order valence-electron chi connectivity index (χ3n) is 2.12. The van der Waals surface area contributed by atoms with Gasteiger partial charge in [-0.25, -0.2) is 0 Å². The van der Waals surface area contributed by atoms with Gasteiger partial charge in [-0.1, -0.05) is 20.8 Å². The summed E-state index contributed by atoms with van der Waals surface area (Å²) in [6.45, 7) is 8.62. The van der Waals surface area contributed by atoms with Crippen LogP contribution in [0.2, 0.25) is 0 Å². The van der Waals surface area contributed by atoms with E-state index in [9.17, 15) is 0 Å². The lowest BCUT2D eigenvalue weighted by atomic mass is 9.89. The minimum atomic E-state index is 0.189. The molecule has 0 bridgehead atoms. The smallest absolute Gasteiger partial charge is 0.0700 e. The molecule has 0 N–H and O–H groups in total. The molecular formula is C11H23ClO2. The fraction of sp³-hybridized carbons (Fsp3) is 1.00. The zero-order valence-electron chi connectivity index (χ0n) is 9.81. The highest BCUT2D eigenvalue weighted by Gasteiger charge is 2.21. The van der Waals surface area contributed by atoms with Crippen molar-refractivity contribution in [1.29, 1.82) is 0 Å². The maximum atomic E-state index is 6.22. The SMILES string of the molecule is COCCOCCCC(Cl)C(C)(C)C. The van der Waals surface area contributed by atoms with Crippen molar-refractivity contribution < 1.29 is 9.47 Å². The van der Waals surface area contributed by atoms with Gasteiger partial charge in [0, 0.05) is 19.1 Å². The highest BCUT2D eigenvalue weighted by Crippen LogP contribution is 2.27. The molecule has 14 heavy (non-hydrogen) atoms. The molecule has 0 fully saturated rings. The average molecular weight is 223 g/mol. The van der Waals surface area contributed by atoms with Crippen LogP contribution in [0.1, 0.15) is 33.6 Å². The zero-order valence-corrected chi connectivity index (χ0v) is 10.6. The van der Waals surface area contributed by atoms with E-state index in [-0.39, 0.29) is 10.8 Å². The van der Waals surface area contributed by atoms with Crippen molar-refractivity contribution in [2.75, 3.05) is 26.9 Å². The molecule has 0 aromatic carbocycles. The molecule has 0 aromatic rings. The van der Waals surface area contributed by atoms with Crippen LogP contribution in [0.3, 0.4) is 0 Å². The molecule has 0 aliphatic carbocycles. The van der Waals surface area contributed by atoms with Crippen LogP contribution < -0.4 is 0 Å². The number of alkyl halides is 1. The van der Waals surface area contributed by atoms with Crippen molar-refractivity contribution >= 4 is 11.6 Å². The van der Waals surface area contributed by atoms with E-state index in [0.29, 0.717) is 13.2 Å². The largest absolute Gasteiger partial charge is 0.382 e. The molecule has 3 heteroatoms. The summed E-state index contributed by atoms with van der Waals surface area (Å²) < 4.78 is 10.2. The normalized spacial score (nSPS) is 14.4. The molecule has 0 aromatic heterocycles. The first-order valence-corrected chi connectivity index (χ1v) is 5.63. The van der Waals surface area contributed by atoms with Crippen molar-refractivity contribution in [3.8, 4) is 0 Å². The molecular weight excluding hydrogens is 200 g/mol. The number of methoxy groups -OCH3 is 1. The Bertz CT molecular complexity index is 132. The van der Waals surface area contributed by atoms with Gasteiger partial charge >= 0.3 is 0 Å². The van der Waals surface area contributed by atoms with Gasteiger partial charge in [-0.15, -0.1) is 11.6 Å². The van der Waals surface area contributed by atoms with Crippen molar-refractivity contribution in [1.82, 2.24) is 0 Å². The Morgan fingerprint density at radius 1 is 1.14 bits per heavy atom. The lowest BCUT2D eigenvalue weighted by molar-refractivity contribution is 0.0679. The molecule has 0 amide bonds. The first-order chi connectivity index (χ1) is 6.48. The Hall–Kier alpha value is 0.210. The fourth-order valence-electron chi connectivity index (χ4n) is 1.04. The van der Waals surface area contributed by atoms with Gasteiger partial charge in [0.1, 0.15) is 0 Å². The lowest BCUT2D eigenvalue weighted by Gasteiger charge is -2.24. The van der Waals surface area contributed by atoms with Crippen LogP contribution in [0.4, 0.5) is 0 Å². The summed E-state index contributed by atoms with van der Waals surface area (Å²) in [7, 11) is 1.68. The van der Waals surface area contributed by atoms with E-state index in [4.69, 9.17) is 21.1 Å². The fourth-order valence-corrected chi connectivity index (χ4v) is 1.20. The van der Waals surface area contributed by atoms with Crippen LogP contribution in [0.5, 0.6) is 0 Å². The molecule has 0 spiro atoms. The van der Waals surface area contributed by atoms with E-state index in [1.165, 1.54) is 0 Å². The summed E-state index contributed by atoms with van der Waals surface area (Å²) in [6, 6.07) is 0. The van der Waals surface area contributed by atoms with Crippen molar-refractivity contribution in [3.63, 3.8) is 0 Å². The van der Waals surface area contributed by atoms with E-state index in [2.05, 4.69) is 20.8 Å². The van der Waals surface area contributed by atoms with Gasteiger partial charge in [0.2, 0.25) is 0 Å². The third kappa shape index (κ3) is 7.60. The monoisotopic (exact) mass is 222 g/mol. The second kappa shape index (κ2) is 7.49. The maximum Gasteiger partial charge on any atom is 0.0700 e. The molecule has 1 unspecified atom stereocenters. The van der Waals surface area contributed by atoms with Gasteiger partial charge in [-0.05, 0) is 18.3 Å². The van der Waals surface area contributed by atoms with Crippen LogP contribution in [-0.4, -0.2) is 32.3 Å². The van der Waals surface area contributed by atoms with E-state index in [0.717, 1.165) is 19.4 Å². The Labute approximate surface area is 92.9 Å². The van der Waals surface area contributed by atoms with E-state index >= 15 is 0 Å².